The van der Waals surface area contributed by atoms with Gasteiger partial charge in [-0.15, -0.1) is 0 Å². The molecule has 1 N–H and O–H groups in total. The van der Waals surface area contributed by atoms with Crippen LogP contribution in [-0.4, -0.2) is 48.0 Å². The lowest BCUT2D eigenvalue weighted by Crippen LogP contribution is -2.29. The highest BCUT2D eigenvalue weighted by Gasteiger charge is 2.46. The molecule has 0 aliphatic carbocycles. The zero-order valence-electron chi connectivity index (χ0n) is 19.0. The van der Waals surface area contributed by atoms with E-state index in [-0.39, 0.29) is 23.4 Å². The Labute approximate surface area is 197 Å². The number of methoxy groups -OCH3 is 3. The third-order valence-corrected chi connectivity index (χ3v) is 5.71. The van der Waals surface area contributed by atoms with Gasteiger partial charge in [-0.3, -0.25) is 14.6 Å². The molecule has 1 aromatic heterocycles. The smallest absolute Gasteiger partial charge is 0.295 e. The number of hydrogen-bond donors (Lipinski definition) is 1. The number of rotatable bonds is 7. The van der Waals surface area contributed by atoms with Crippen molar-refractivity contribution >= 4 is 17.4 Å². The average Bonchev–Trinajstić information content (AvgIpc) is 3.13. The number of Topliss-reactive ketones (excluding diaryl/α,β-unsaturated/α-hetero) is 1. The lowest BCUT2D eigenvalue weighted by molar-refractivity contribution is -0.140. The molecule has 0 radical (unpaired) electrons. The number of pyridine rings is 1. The normalized spacial score (nSPS) is 17.0. The Kier molecular flexibility index (Phi) is 6.49. The molecule has 174 valence electrons. The summed E-state index contributed by atoms with van der Waals surface area (Å²) >= 11 is 0. The molecule has 1 fully saturated rings. The van der Waals surface area contributed by atoms with Crippen molar-refractivity contribution in [2.24, 2.45) is 0 Å². The third-order valence-electron chi connectivity index (χ3n) is 5.71. The predicted octanol–water partition coefficient (Wildman–Crippen LogP) is 3.73. The second kappa shape index (κ2) is 9.66. The van der Waals surface area contributed by atoms with Crippen LogP contribution in [0.5, 0.6) is 17.2 Å². The summed E-state index contributed by atoms with van der Waals surface area (Å²) in [5.74, 6) is -0.342. The first-order valence-electron chi connectivity index (χ1n) is 10.5. The van der Waals surface area contributed by atoms with E-state index >= 15 is 0 Å². The summed E-state index contributed by atoms with van der Waals surface area (Å²) in [6, 6.07) is 14.7. The molecule has 34 heavy (non-hydrogen) atoms. The number of hydrogen-bond acceptors (Lipinski definition) is 7. The van der Waals surface area contributed by atoms with E-state index in [9.17, 15) is 14.7 Å². The molecule has 8 heteroatoms. The zero-order valence-corrected chi connectivity index (χ0v) is 19.0. The van der Waals surface area contributed by atoms with Gasteiger partial charge in [0.15, 0.2) is 0 Å². The molecule has 1 unspecified atom stereocenters. The average molecular weight is 460 g/mol. The minimum Gasteiger partial charge on any atom is -0.507 e. The van der Waals surface area contributed by atoms with Crippen LogP contribution in [0.3, 0.4) is 0 Å². The van der Waals surface area contributed by atoms with Gasteiger partial charge in [0.05, 0.1) is 38.5 Å². The minimum absolute atomic E-state index is 0.0254. The van der Waals surface area contributed by atoms with E-state index in [1.165, 1.54) is 19.1 Å². The van der Waals surface area contributed by atoms with Crippen LogP contribution < -0.4 is 14.2 Å². The number of benzene rings is 2. The Hall–Kier alpha value is -4.33. The van der Waals surface area contributed by atoms with Crippen LogP contribution in [0.2, 0.25) is 0 Å². The predicted molar refractivity (Wildman–Crippen MR) is 125 cm³/mol. The minimum atomic E-state index is -0.819. The van der Waals surface area contributed by atoms with Gasteiger partial charge in [-0.2, -0.15) is 0 Å². The maximum Gasteiger partial charge on any atom is 0.295 e. The summed E-state index contributed by atoms with van der Waals surface area (Å²) in [4.78, 5) is 31.9. The van der Waals surface area contributed by atoms with E-state index in [1.54, 1.807) is 62.0 Å². The van der Waals surface area contributed by atoms with Crippen molar-refractivity contribution in [2.45, 2.75) is 12.6 Å². The Morgan fingerprint density at radius 3 is 2.32 bits per heavy atom. The van der Waals surface area contributed by atoms with Crippen LogP contribution in [-0.2, 0) is 16.1 Å². The number of aromatic nitrogens is 1. The number of amides is 1. The number of ether oxygens (including phenoxy) is 3. The number of ketones is 1. The van der Waals surface area contributed by atoms with E-state index in [1.807, 2.05) is 12.1 Å². The van der Waals surface area contributed by atoms with E-state index in [2.05, 4.69) is 4.98 Å². The number of carbonyl (C=O) groups is 2. The highest BCUT2D eigenvalue weighted by atomic mass is 16.5. The van der Waals surface area contributed by atoms with Gasteiger partial charge in [0, 0.05) is 25.0 Å². The van der Waals surface area contributed by atoms with Crippen molar-refractivity contribution < 1.29 is 28.9 Å². The van der Waals surface area contributed by atoms with Gasteiger partial charge in [-0.1, -0.05) is 12.1 Å². The number of aliphatic hydroxyl groups is 1. The highest BCUT2D eigenvalue weighted by Crippen LogP contribution is 2.42. The number of aliphatic hydroxyl groups excluding tert-OH is 1. The van der Waals surface area contributed by atoms with Gasteiger partial charge >= 0.3 is 0 Å². The molecule has 3 aromatic rings. The molecule has 1 aliphatic heterocycles. The second-order valence-corrected chi connectivity index (χ2v) is 7.63. The first kappa shape index (κ1) is 22.8. The van der Waals surface area contributed by atoms with E-state index in [0.29, 0.717) is 22.8 Å². The van der Waals surface area contributed by atoms with Crippen LogP contribution in [0.4, 0.5) is 0 Å². The Morgan fingerprint density at radius 2 is 1.65 bits per heavy atom. The van der Waals surface area contributed by atoms with Crippen molar-refractivity contribution in [3.8, 4) is 17.2 Å². The Balaban J connectivity index is 1.86. The molecule has 8 nitrogen and oxygen atoms in total. The van der Waals surface area contributed by atoms with Crippen molar-refractivity contribution in [2.75, 3.05) is 21.3 Å². The number of carbonyl (C=O) groups excluding carboxylic acids is 2. The van der Waals surface area contributed by atoms with Crippen molar-refractivity contribution in [3.63, 3.8) is 0 Å². The number of nitrogens with zero attached hydrogens (tertiary/aromatic N) is 2. The van der Waals surface area contributed by atoms with E-state index < -0.39 is 17.7 Å². The Morgan fingerprint density at radius 1 is 0.941 bits per heavy atom. The van der Waals surface area contributed by atoms with E-state index in [4.69, 9.17) is 14.2 Å². The largest absolute Gasteiger partial charge is 0.507 e. The summed E-state index contributed by atoms with van der Waals surface area (Å²) < 4.78 is 15.9. The zero-order chi connectivity index (χ0) is 24.2. The maximum absolute atomic E-state index is 13.2. The first-order valence-corrected chi connectivity index (χ1v) is 10.5. The van der Waals surface area contributed by atoms with E-state index in [0.717, 1.165) is 5.56 Å². The van der Waals surface area contributed by atoms with Gasteiger partial charge in [-0.05, 0) is 47.5 Å². The first-order chi connectivity index (χ1) is 16.5. The van der Waals surface area contributed by atoms with Crippen LogP contribution in [0.25, 0.3) is 5.76 Å². The Bertz CT molecular complexity index is 1260. The molecule has 1 saturated heterocycles. The molecule has 0 spiro atoms. The summed E-state index contributed by atoms with van der Waals surface area (Å²) in [7, 11) is 4.53. The van der Waals surface area contributed by atoms with Crippen LogP contribution >= 0.6 is 0 Å². The van der Waals surface area contributed by atoms with Crippen molar-refractivity contribution in [1.29, 1.82) is 0 Å². The van der Waals surface area contributed by atoms with Crippen LogP contribution in [0.15, 0.2) is 72.6 Å². The molecule has 1 atom stereocenters. The molecule has 2 aromatic carbocycles. The topological polar surface area (TPSA) is 98.2 Å². The quantitative estimate of drug-likeness (QED) is 0.326. The molecule has 1 aliphatic rings. The SMILES string of the molecule is COc1cccc(CN2C(=O)C(=O)/C(=C(\O)c3ccc(OC)cc3OC)C2c2ccncc2)c1. The third kappa shape index (κ3) is 4.17. The summed E-state index contributed by atoms with van der Waals surface area (Å²) in [6.07, 6.45) is 3.16. The van der Waals surface area contributed by atoms with Crippen LogP contribution in [0.1, 0.15) is 22.7 Å². The highest BCUT2D eigenvalue weighted by molar-refractivity contribution is 6.46. The molecule has 0 bridgehead atoms. The molecule has 2 heterocycles. The van der Waals surface area contributed by atoms with Gasteiger partial charge in [0.2, 0.25) is 0 Å². The molecule has 0 saturated carbocycles. The fraction of sp³-hybridized carbons (Fsp3) is 0.192. The fourth-order valence-electron chi connectivity index (χ4n) is 4.04. The lowest BCUT2D eigenvalue weighted by Gasteiger charge is -2.25. The molecular formula is C26H24N2O6. The monoisotopic (exact) mass is 460 g/mol. The molecule has 4 rings (SSSR count). The summed E-state index contributed by atoms with van der Waals surface area (Å²) in [6.45, 7) is 0.144. The van der Waals surface area contributed by atoms with Crippen molar-refractivity contribution in [3.05, 3.63) is 89.3 Å². The summed E-state index contributed by atoms with van der Waals surface area (Å²) in [5.41, 5.74) is 1.68. The van der Waals surface area contributed by atoms with Gasteiger partial charge in [0.25, 0.3) is 11.7 Å². The fourth-order valence-corrected chi connectivity index (χ4v) is 4.04. The van der Waals surface area contributed by atoms with Gasteiger partial charge < -0.3 is 24.2 Å². The molecule has 1 amide bonds. The maximum atomic E-state index is 13.2. The van der Waals surface area contributed by atoms with Gasteiger partial charge in [0.1, 0.15) is 23.0 Å². The van der Waals surface area contributed by atoms with Gasteiger partial charge in [-0.25, -0.2) is 0 Å². The number of likely N-dealkylation sites (tertiary alicyclic amines) is 1. The second-order valence-electron chi connectivity index (χ2n) is 7.63. The summed E-state index contributed by atoms with van der Waals surface area (Å²) in [5, 5.41) is 11.3. The standard InChI is InChI=1S/C26H24N2O6/c1-32-18-6-4-5-16(13-18)15-28-23(17-9-11-27-12-10-17)22(25(30)26(28)31)24(29)20-8-7-19(33-2)14-21(20)34-3/h4-14,23,29H,15H2,1-3H3/b24-22-. The van der Waals surface area contributed by atoms with Crippen LogP contribution in [0, 0.1) is 0 Å². The van der Waals surface area contributed by atoms with Crippen molar-refractivity contribution in [1.82, 2.24) is 9.88 Å². The molecular weight excluding hydrogens is 436 g/mol. The lowest BCUT2D eigenvalue weighted by atomic mass is 9.95.